The Bertz CT molecular complexity index is 429. The molecular formula is C11H12FN. The molecule has 1 nitrogen and oxygen atoms in total. The lowest BCUT2D eigenvalue weighted by molar-refractivity contribution is 0.637. The Kier molecular flexibility index (Phi) is 1.83. The van der Waals surface area contributed by atoms with Crippen LogP contribution in [0.1, 0.15) is 25.3 Å². The van der Waals surface area contributed by atoms with Crippen molar-refractivity contribution in [2.45, 2.75) is 19.8 Å². The van der Waals surface area contributed by atoms with Gasteiger partial charge in [-0.05, 0) is 17.5 Å². The van der Waals surface area contributed by atoms with Gasteiger partial charge in [-0.1, -0.05) is 26.0 Å². The van der Waals surface area contributed by atoms with Gasteiger partial charge in [0, 0.05) is 11.6 Å². The summed E-state index contributed by atoms with van der Waals surface area (Å²) in [5, 5.41) is 0.995. The van der Waals surface area contributed by atoms with Crippen LogP contribution in [0.5, 0.6) is 0 Å². The fraction of sp³-hybridized carbons (Fsp3) is 0.273. The third kappa shape index (κ3) is 1.22. The maximum absolute atomic E-state index is 13.2. The smallest absolute Gasteiger partial charge is 0.147 e. The second kappa shape index (κ2) is 2.87. The zero-order valence-electron chi connectivity index (χ0n) is 7.76. The third-order valence-corrected chi connectivity index (χ3v) is 2.32. The van der Waals surface area contributed by atoms with Gasteiger partial charge in [0.1, 0.15) is 5.82 Å². The van der Waals surface area contributed by atoms with Crippen molar-refractivity contribution in [3.8, 4) is 0 Å². The van der Waals surface area contributed by atoms with Crippen molar-refractivity contribution in [1.29, 1.82) is 0 Å². The van der Waals surface area contributed by atoms with Gasteiger partial charge < -0.3 is 4.98 Å². The highest BCUT2D eigenvalue weighted by Gasteiger charge is 2.08. The molecule has 0 saturated heterocycles. The van der Waals surface area contributed by atoms with Crippen LogP contribution in [0.25, 0.3) is 10.9 Å². The second-order valence-corrected chi connectivity index (χ2v) is 3.56. The Hall–Kier alpha value is -1.31. The molecule has 0 aliphatic rings. The zero-order valence-corrected chi connectivity index (χ0v) is 7.76. The normalized spacial score (nSPS) is 11.4. The highest BCUT2D eigenvalue weighted by molar-refractivity contribution is 5.84. The summed E-state index contributed by atoms with van der Waals surface area (Å²) in [4.78, 5) is 2.96. The van der Waals surface area contributed by atoms with Crippen molar-refractivity contribution in [2.75, 3.05) is 0 Å². The molecule has 2 heteroatoms. The van der Waals surface area contributed by atoms with Gasteiger partial charge in [-0.2, -0.15) is 0 Å². The lowest BCUT2D eigenvalue weighted by Gasteiger charge is -2.01. The Balaban J connectivity index is 2.75. The van der Waals surface area contributed by atoms with E-state index in [2.05, 4.69) is 18.8 Å². The third-order valence-electron chi connectivity index (χ3n) is 2.32. The van der Waals surface area contributed by atoms with E-state index in [4.69, 9.17) is 0 Å². The number of aromatic nitrogens is 1. The SMILES string of the molecule is CC(C)c1c[nH]c2c(F)cccc12. The van der Waals surface area contributed by atoms with Crippen LogP contribution in [0.3, 0.4) is 0 Å². The first kappa shape index (κ1) is 8.30. The lowest BCUT2D eigenvalue weighted by atomic mass is 10.0. The first-order valence-electron chi connectivity index (χ1n) is 4.45. The summed E-state index contributed by atoms with van der Waals surface area (Å²) < 4.78 is 13.2. The van der Waals surface area contributed by atoms with E-state index in [1.807, 2.05) is 12.3 Å². The molecule has 0 spiro atoms. The summed E-state index contributed by atoms with van der Waals surface area (Å²) in [6.07, 6.45) is 1.89. The zero-order chi connectivity index (χ0) is 9.42. The number of hydrogen-bond donors (Lipinski definition) is 1. The number of rotatable bonds is 1. The second-order valence-electron chi connectivity index (χ2n) is 3.56. The fourth-order valence-electron chi connectivity index (χ4n) is 1.62. The number of para-hydroxylation sites is 1. The van der Waals surface area contributed by atoms with E-state index < -0.39 is 0 Å². The Morgan fingerprint density at radius 1 is 1.31 bits per heavy atom. The first-order chi connectivity index (χ1) is 6.20. The molecule has 0 unspecified atom stereocenters. The van der Waals surface area contributed by atoms with Crippen molar-refractivity contribution >= 4 is 10.9 Å². The number of hydrogen-bond acceptors (Lipinski definition) is 0. The van der Waals surface area contributed by atoms with Crippen LogP contribution < -0.4 is 0 Å². The van der Waals surface area contributed by atoms with Crippen LogP contribution in [0.2, 0.25) is 0 Å². The van der Waals surface area contributed by atoms with Gasteiger partial charge in [-0.25, -0.2) is 4.39 Å². The number of H-pyrrole nitrogens is 1. The quantitative estimate of drug-likeness (QED) is 0.686. The van der Waals surface area contributed by atoms with Gasteiger partial charge in [0.25, 0.3) is 0 Å². The minimum Gasteiger partial charge on any atom is -0.359 e. The Labute approximate surface area is 76.6 Å². The standard InChI is InChI=1S/C11H12FN/c1-7(2)9-6-13-11-8(9)4-3-5-10(11)12/h3-7,13H,1-2H3. The molecule has 0 fully saturated rings. The van der Waals surface area contributed by atoms with Crippen molar-refractivity contribution < 1.29 is 4.39 Å². The average molecular weight is 177 g/mol. The van der Waals surface area contributed by atoms with Crippen LogP contribution in [-0.4, -0.2) is 4.98 Å². The summed E-state index contributed by atoms with van der Waals surface area (Å²) in [6, 6.07) is 5.17. The maximum Gasteiger partial charge on any atom is 0.147 e. The molecule has 68 valence electrons. The van der Waals surface area contributed by atoms with Gasteiger partial charge >= 0.3 is 0 Å². The number of aromatic amines is 1. The van der Waals surface area contributed by atoms with E-state index in [1.54, 1.807) is 6.07 Å². The monoisotopic (exact) mass is 177 g/mol. The van der Waals surface area contributed by atoms with E-state index >= 15 is 0 Å². The van der Waals surface area contributed by atoms with Crippen LogP contribution >= 0.6 is 0 Å². The van der Waals surface area contributed by atoms with Crippen LogP contribution in [-0.2, 0) is 0 Å². The molecule has 2 rings (SSSR count). The number of benzene rings is 1. The first-order valence-corrected chi connectivity index (χ1v) is 4.45. The van der Waals surface area contributed by atoms with E-state index in [-0.39, 0.29) is 5.82 Å². The number of nitrogens with one attached hydrogen (secondary N) is 1. The molecule has 0 aliphatic carbocycles. The molecule has 0 bridgehead atoms. The van der Waals surface area contributed by atoms with Gasteiger partial charge in [-0.15, -0.1) is 0 Å². The molecular weight excluding hydrogens is 165 g/mol. The van der Waals surface area contributed by atoms with E-state index in [0.717, 1.165) is 5.39 Å². The molecule has 0 aliphatic heterocycles. The molecule has 0 radical (unpaired) electrons. The molecule has 0 amide bonds. The summed E-state index contributed by atoms with van der Waals surface area (Å²) >= 11 is 0. The highest BCUT2D eigenvalue weighted by atomic mass is 19.1. The van der Waals surface area contributed by atoms with Crippen molar-refractivity contribution in [2.24, 2.45) is 0 Å². The van der Waals surface area contributed by atoms with E-state index in [9.17, 15) is 4.39 Å². The fourth-order valence-corrected chi connectivity index (χ4v) is 1.62. The summed E-state index contributed by atoms with van der Waals surface area (Å²) in [5.74, 6) is 0.250. The minimum absolute atomic E-state index is 0.176. The van der Waals surface area contributed by atoms with E-state index in [1.165, 1.54) is 11.6 Å². The molecule has 0 saturated carbocycles. The molecule has 2 aromatic rings. The summed E-state index contributed by atoms with van der Waals surface area (Å²) in [7, 11) is 0. The Morgan fingerprint density at radius 3 is 2.77 bits per heavy atom. The van der Waals surface area contributed by atoms with Crippen molar-refractivity contribution in [3.63, 3.8) is 0 Å². The largest absolute Gasteiger partial charge is 0.359 e. The van der Waals surface area contributed by atoms with Gasteiger partial charge in [0.15, 0.2) is 0 Å². The highest BCUT2D eigenvalue weighted by Crippen LogP contribution is 2.26. The average Bonchev–Trinajstić information content (AvgIpc) is 2.48. The predicted octanol–water partition coefficient (Wildman–Crippen LogP) is 3.43. The molecule has 1 N–H and O–H groups in total. The van der Waals surface area contributed by atoms with E-state index in [0.29, 0.717) is 11.4 Å². The molecule has 0 atom stereocenters. The van der Waals surface area contributed by atoms with Gasteiger partial charge in [0.05, 0.1) is 5.52 Å². The van der Waals surface area contributed by atoms with Crippen LogP contribution in [0, 0.1) is 5.82 Å². The predicted molar refractivity (Wildman–Crippen MR) is 52.3 cm³/mol. The van der Waals surface area contributed by atoms with Gasteiger partial charge in [0.2, 0.25) is 0 Å². The van der Waals surface area contributed by atoms with Crippen molar-refractivity contribution in [1.82, 2.24) is 4.98 Å². The molecule has 13 heavy (non-hydrogen) atoms. The molecule has 1 aromatic heterocycles. The Morgan fingerprint density at radius 2 is 2.08 bits per heavy atom. The minimum atomic E-state index is -0.176. The lowest BCUT2D eigenvalue weighted by Crippen LogP contribution is -1.83. The molecule has 1 heterocycles. The molecule has 1 aromatic carbocycles. The van der Waals surface area contributed by atoms with Crippen molar-refractivity contribution in [3.05, 3.63) is 35.8 Å². The number of halogens is 1. The summed E-state index contributed by atoms with van der Waals surface area (Å²) in [5.41, 5.74) is 1.79. The van der Waals surface area contributed by atoms with Gasteiger partial charge in [-0.3, -0.25) is 0 Å². The summed E-state index contributed by atoms with van der Waals surface area (Å²) in [6.45, 7) is 4.21. The topological polar surface area (TPSA) is 15.8 Å². The van der Waals surface area contributed by atoms with Crippen LogP contribution in [0.15, 0.2) is 24.4 Å². The number of fused-ring (bicyclic) bond motifs is 1. The van der Waals surface area contributed by atoms with Crippen LogP contribution in [0.4, 0.5) is 4.39 Å². The maximum atomic E-state index is 13.2.